The van der Waals surface area contributed by atoms with Gasteiger partial charge in [-0.15, -0.1) is 11.8 Å². The van der Waals surface area contributed by atoms with Crippen molar-refractivity contribution in [2.75, 3.05) is 39.9 Å². The second-order valence-corrected chi connectivity index (χ2v) is 17.5. The van der Waals surface area contributed by atoms with Gasteiger partial charge in [-0.2, -0.15) is 5.26 Å². The van der Waals surface area contributed by atoms with Gasteiger partial charge in [0.05, 0.1) is 37.1 Å². The number of nitriles is 1. The first-order valence-corrected chi connectivity index (χ1v) is 20.6. The summed E-state index contributed by atoms with van der Waals surface area (Å²) in [6, 6.07) is 10.4. The number of nitrogens with zero attached hydrogens (tertiary/aromatic N) is 3. The number of Topliss-reactive ketones (excluding diaryl/α,β-unsaturated/α-hetero) is 1. The summed E-state index contributed by atoms with van der Waals surface area (Å²) < 4.78 is 31.0. The lowest BCUT2D eigenvalue weighted by atomic mass is 9.71. The van der Waals surface area contributed by atoms with Crippen LogP contribution >= 0.6 is 11.8 Å². The minimum Gasteiger partial charge on any atom is -0.504 e. The van der Waals surface area contributed by atoms with E-state index in [2.05, 4.69) is 45.2 Å². The average molecular weight is 792 g/mol. The van der Waals surface area contributed by atoms with Crippen molar-refractivity contribution < 1.29 is 38.4 Å². The maximum Gasteiger partial charge on any atom is 0.308 e. The van der Waals surface area contributed by atoms with Crippen molar-refractivity contribution in [3.63, 3.8) is 0 Å². The molecule has 11 rings (SSSR count). The molecule has 1 spiro atoms. The predicted octanol–water partition coefficient (Wildman–Crippen LogP) is 5.19. The van der Waals surface area contributed by atoms with Crippen molar-refractivity contribution in [2.45, 2.75) is 87.6 Å². The average Bonchev–Trinajstić information content (AvgIpc) is 3.81. The molecule has 0 amide bonds. The van der Waals surface area contributed by atoms with Crippen LogP contribution in [0.1, 0.15) is 75.8 Å². The Kier molecular flexibility index (Phi) is 8.41. The molecule has 7 aliphatic heterocycles. The Morgan fingerprint density at radius 1 is 1.12 bits per heavy atom. The highest BCUT2D eigenvalue weighted by Gasteiger charge is 2.61. The van der Waals surface area contributed by atoms with Gasteiger partial charge in [0.1, 0.15) is 23.9 Å². The molecule has 1 aromatic heterocycles. The molecule has 0 saturated carbocycles. The highest BCUT2D eigenvalue weighted by Crippen LogP contribution is 2.64. The quantitative estimate of drug-likeness (QED) is 0.180. The Morgan fingerprint density at radius 3 is 2.68 bits per heavy atom. The third-order valence-corrected chi connectivity index (χ3v) is 14.7. The molecule has 3 N–H and O–H groups in total. The van der Waals surface area contributed by atoms with Crippen LogP contribution in [0.25, 0.3) is 10.9 Å². The van der Waals surface area contributed by atoms with Gasteiger partial charge in [-0.3, -0.25) is 24.7 Å². The number of aromatic hydroxyl groups is 1. The summed E-state index contributed by atoms with van der Waals surface area (Å²) in [5.74, 6) is 1.55. The summed E-state index contributed by atoms with van der Waals surface area (Å²) in [5, 5.41) is 27.7. The number of fused-ring (bicyclic) bond motifs is 12. The molecule has 8 heterocycles. The molecule has 4 bridgehead atoms. The van der Waals surface area contributed by atoms with Crippen molar-refractivity contribution in [3.05, 3.63) is 75.0 Å². The van der Waals surface area contributed by atoms with Crippen LogP contribution in [0.3, 0.4) is 0 Å². The molecular weight excluding hydrogens is 747 g/mol. The minimum atomic E-state index is -1.18. The first-order chi connectivity index (χ1) is 27.5. The molecule has 13 nitrogen and oxygen atoms in total. The van der Waals surface area contributed by atoms with Gasteiger partial charge in [0, 0.05) is 69.7 Å². The molecule has 0 aliphatic carbocycles. The molecule has 4 aromatic rings. The van der Waals surface area contributed by atoms with Gasteiger partial charge in [-0.25, -0.2) is 0 Å². The molecule has 8 atom stereocenters. The van der Waals surface area contributed by atoms with Crippen LogP contribution in [0.5, 0.6) is 28.7 Å². The third kappa shape index (κ3) is 5.02. The second-order valence-electron chi connectivity index (χ2n) is 16.3. The van der Waals surface area contributed by atoms with Crippen molar-refractivity contribution >= 4 is 34.4 Å². The number of aryl methyl sites for hydroxylation is 1. The van der Waals surface area contributed by atoms with E-state index in [1.165, 1.54) is 6.92 Å². The lowest BCUT2D eigenvalue weighted by Crippen LogP contribution is -2.69. The number of para-hydroxylation sites is 1. The summed E-state index contributed by atoms with van der Waals surface area (Å²) in [5.41, 5.74) is 6.32. The number of phenolic OH excluding ortho intramolecular Hbond substituents is 1. The van der Waals surface area contributed by atoms with Gasteiger partial charge in [-0.05, 0) is 63.4 Å². The number of nitrogens with one attached hydrogen (secondary N) is 2. The SMILES string of the molecule is COc1c(C)cc2c(c1O)[C@H]1C3[C@@H]4SC[C@]5(NC(C)Cc6c5[nH]c5ccccc65)C(=O)COC[C@@H](c5c6c(c(C)c(OC(C)=O)c54)OCO6)N3[C@@H](C#N)[C@@H](C2)N1C. The lowest BCUT2D eigenvalue weighted by Gasteiger charge is -2.61. The van der Waals surface area contributed by atoms with E-state index in [0.29, 0.717) is 35.0 Å². The third-order valence-electron chi connectivity index (χ3n) is 13.3. The summed E-state index contributed by atoms with van der Waals surface area (Å²) in [7, 11) is 3.58. The topological polar surface area (TPSA) is 159 Å². The summed E-state index contributed by atoms with van der Waals surface area (Å²) >= 11 is 1.59. The molecule has 2 fully saturated rings. The monoisotopic (exact) mass is 791 g/mol. The standard InChI is InChI=1S/C43H45N5O8S/c1-19-11-23-13-27-28(14-44)48-29-15-53-16-30(50)43(42-25(12-20(2)46-43)24-9-7-8-10-26(24)45-42)17-57-41(35(48)34(47(27)5)31(23)36(51)37(19)52-6)33-32(29)40-39(54-18-55-40)21(3)38(33)56-22(4)49/h7-11,20,27-29,34-35,41,45-46,51H,12-13,15-18H2,1-6H3/t20?,27-,28+,29+,34+,35?,41-,43+/m1/s1. The van der Waals surface area contributed by atoms with Crippen LogP contribution in [0.2, 0.25) is 0 Å². The zero-order chi connectivity index (χ0) is 39.7. The molecule has 296 valence electrons. The number of piperazine rings is 1. The molecule has 2 unspecified atom stereocenters. The Labute approximate surface area is 334 Å². The number of rotatable bonds is 2. The number of likely N-dealkylation sites (N-methyl/N-ethyl adjacent to an activating group) is 1. The fourth-order valence-electron chi connectivity index (χ4n) is 11.1. The number of methoxy groups -OCH3 is 1. The van der Waals surface area contributed by atoms with Crippen molar-refractivity contribution in [1.82, 2.24) is 20.1 Å². The molecule has 0 radical (unpaired) electrons. The predicted molar refractivity (Wildman–Crippen MR) is 211 cm³/mol. The van der Waals surface area contributed by atoms with Gasteiger partial charge in [0.15, 0.2) is 28.8 Å². The van der Waals surface area contributed by atoms with Gasteiger partial charge >= 0.3 is 5.97 Å². The number of ketones is 1. The molecule has 14 heteroatoms. The number of ether oxygens (including phenoxy) is 5. The number of esters is 1. The zero-order valence-electron chi connectivity index (χ0n) is 32.7. The molecule has 3 aromatic carbocycles. The second kappa shape index (κ2) is 13.1. The van der Waals surface area contributed by atoms with Crippen molar-refractivity contribution in [2.24, 2.45) is 0 Å². The minimum absolute atomic E-state index is 0.0242. The number of thioether (sulfide) groups is 1. The highest BCUT2D eigenvalue weighted by atomic mass is 32.2. The van der Waals surface area contributed by atoms with E-state index in [4.69, 9.17) is 23.7 Å². The molecule has 2 saturated heterocycles. The number of aromatic amines is 1. The van der Waals surface area contributed by atoms with Crippen LogP contribution in [0, 0.1) is 25.2 Å². The van der Waals surface area contributed by atoms with E-state index < -0.39 is 40.9 Å². The number of benzene rings is 3. The number of H-pyrrole nitrogens is 1. The fourth-order valence-corrected chi connectivity index (χ4v) is 12.8. The highest BCUT2D eigenvalue weighted by molar-refractivity contribution is 7.99. The first kappa shape index (κ1) is 36.6. The number of hydrogen-bond acceptors (Lipinski definition) is 13. The molecule has 7 aliphatic rings. The number of carbonyl (C=O) groups excluding carboxylic acids is 2. The van der Waals surface area contributed by atoms with E-state index in [0.717, 1.165) is 56.4 Å². The van der Waals surface area contributed by atoms with Gasteiger partial charge in [-0.1, -0.05) is 24.3 Å². The molecular formula is C43H45N5O8S. The maximum atomic E-state index is 15.0. The number of carbonyl (C=O) groups is 2. The Bertz CT molecular complexity index is 2440. The van der Waals surface area contributed by atoms with E-state index in [-0.39, 0.29) is 49.4 Å². The van der Waals surface area contributed by atoms with Crippen LogP contribution < -0.4 is 24.3 Å². The summed E-state index contributed by atoms with van der Waals surface area (Å²) in [4.78, 5) is 36.2. The number of hydrogen-bond donors (Lipinski definition) is 3. The van der Waals surface area contributed by atoms with Crippen LogP contribution in [0.4, 0.5) is 0 Å². The normalized spacial score (nSPS) is 30.2. The van der Waals surface area contributed by atoms with Crippen molar-refractivity contribution in [3.8, 4) is 34.8 Å². The van der Waals surface area contributed by atoms with Crippen molar-refractivity contribution in [1.29, 1.82) is 5.26 Å². The smallest absolute Gasteiger partial charge is 0.308 e. The van der Waals surface area contributed by atoms with Crippen LogP contribution in [0.15, 0.2) is 30.3 Å². The van der Waals surface area contributed by atoms with E-state index >= 15 is 0 Å². The maximum absolute atomic E-state index is 15.0. The van der Waals surface area contributed by atoms with Gasteiger partial charge in [0.25, 0.3) is 0 Å². The Balaban J connectivity index is 1.26. The summed E-state index contributed by atoms with van der Waals surface area (Å²) in [6.45, 7) is 7.10. The Hall–Kier alpha value is -4.78. The van der Waals surface area contributed by atoms with E-state index in [1.54, 1.807) is 18.9 Å². The largest absolute Gasteiger partial charge is 0.504 e. The summed E-state index contributed by atoms with van der Waals surface area (Å²) in [6.07, 6.45) is 1.26. The fraction of sp³-hybridized carbons (Fsp3) is 0.465. The number of aromatic nitrogens is 1. The van der Waals surface area contributed by atoms with Gasteiger partial charge < -0.3 is 33.8 Å². The molecule has 57 heavy (non-hydrogen) atoms. The van der Waals surface area contributed by atoms with Crippen LogP contribution in [-0.4, -0.2) is 95.7 Å². The van der Waals surface area contributed by atoms with E-state index in [9.17, 15) is 20.0 Å². The lowest BCUT2D eigenvalue weighted by molar-refractivity contribution is -0.133. The van der Waals surface area contributed by atoms with Crippen LogP contribution in [-0.2, 0) is 32.7 Å². The van der Waals surface area contributed by atoms with E-state index in [1.807, 2.05) is 39.1 Å². The number of phenols is 1. The first-order valence-electron chi connectivity index (χ1n) is 19.5. The Morgan fingerprint density at radius 2 is 1.91 bits per heavy atom. The zero-order valence-corrected chi connectivity index (χ0v) is 33.5. The van der Waals surface area contributed by atoms with Gasteiger partial charge in [0.2, 0.25) is 6.79 Å².